The van der Waals surface area contributed by atoms with Crippen LogP contribution in [0.2, 0.25) is 0 Å². The SMILES string of the molecule is O=C(O)COc1ccc(C=CC(=O)c2ccc(Br)cc2)cc1. The molecule has 4 nitrogen and oxygen atoms in total. The Bertz CT molecular complexity index is 688. The highest BCUT2D eigenvalue weighted by molar-refractivity contribution is 9.10. The first-order valence-electron chi connectivity index (χ1n) is 6.47. The van der Waals surface area contributed by atoms with Gasteiger partial charge < -0.3 is 9.84 Å². The molecule has 0 radical (unpaired) electrons. The number of benzene rings is 2. The zero-order chi connectivity index (χ0) is 15.9. The van der Waals surface area contributed by atoms with Gasteiger partial charge in [0.25, 0.3) is 0 Å². The van der Waals surface area contributed by atoms with E-state index in [4.69, 9.17) is 9.84 Å². The van der Waals surface area contributed by atoms with Gasteiger partial charge in [0.1, 0.15) is 5.75 Å². The molecule has 2 aromatic carbocycles. The summed E-state index contributed by atoms with van der Waals surface area (Å²) in [6.07, 6.45) is 3.20. The summed E-state index contributed by atoms with van der Waals surface area (Å²) in [6, 6.07) is 14.0. The number of carbonyl (C=O) groups excluding carboxylic acids is 1. The first kappa shape index (κ1) is 16.0. The second kappa shape index (κ2) is 7.56. The largest absolute Gasteiger partial charge is 0.482 e. The van der Waals surface area contributed by atoms with Gasteiger partial charge >= 0.3 is 5.97 Å². The molecule has 2 aromatic rings. The third-order valence-corrected chi connectivity index (χ3v) is 3.33. The molecule has 0 atom stereocenters. The summed E-state index contributed by atoms with van der Waals surface area (Å²) < 4.78 is 5.95. The maximum atomic E-state index is 12.0. The van der Waals surface area contributed by atoms with Crippen LogP contribution in [0.15, 0.2) is 59.1 Å². The van der Waals surface area contributed by atoms with Crippen molar-refractivity contribution in [2.24, 2.45) is 0 Å². The third kappa shape index (κ3) is 4.86. The number of hydrogen-bond acceptors (Lipinski definition) is 3. The first-order chi connectivity index (χ1) is 10.5. The molecule has 0 aromatic heterocycles. The van der Waals surface area contributed by atoms with E-state index in [2.05, 4.69) is 15.9 Å². The Morgan fingerprint density at radius 2 is 1.68 bits per heavy atom. The van der Waals surface area contributed by atoms with Crippen molar-refractivity contribution in [3.8, 4) is 5.75 Å². The van der Waals surface area contributed by atoms with E-state index in [9.17, 15) is 9.59 Å². The standard InChI is InChI=1S/C17H13BrO4/c18-14-6-4-13(5-7-14)16(19)10-3-12-1-8-15(9-2-12)22-11-17(20)21/h1-10H,11H2,(H,20,21). The van der Waals surface area contributed by atoms with Gasteiger partial charge in [0.2, 0.25) is 0 Å². The quantitative estimate of drug-likeness (QED) is 0.628. The monoisotopic (exact) mass is 360 g/mol. The van der Waals surface area contributed by atoms with Gasteiger partial charge in [0.15, 0.2) is 12.4 Å². The minimum atomic E-state index is -1.02. The predicted molar refractivity (Wildman–Crippen MR) is 87.1 cm³/mol. The van der Waals surface area contributed by atoms with Gasteiger partial charge in [-0.15, -0.1) is 0 Å². The molecule has 0 fully saturated rings. The lowest BCUT2D eigenvalue weighted by Gasteiger charge is -2.02. The molecule has 0 spiro atoms. The minimum absolute atomic E-state index is 0.0845. The van der Waals surface area contributed by atoms with Crippen LogP contribution in [0, 0.1) is 0 Å². The van der Waals surface area contributed by atoms with Crippen LogP contribution in [0.5, 0.6) is 5.75 Å². The van der Waals surface area contributed by atoms with E-state index >= 15 is 0 Å². The number of carboxylic acid groups (broad SMARTS) is 1. The van der Waals surface area contributed by atoms with Gasteiger partial charge in [-0.2, -0.15) is 0 Å². The minimum Gasteiger partial charge on any atom is -0.482 e. The van der Waals surface area contributed by atoms with Gasteiger partial charge in [-0.3, -0.25) is 4.79 Å². The summed E-state index contributed by atoms with van der Waals surface area (Å²) in [7, 11) is 0. The average Bonchev–Trinajstić information content (AvgIpc) is 2.52. The van der Waals surface area contributed by atoms with Crippen LogP contribution in [-0.4, -0.2) is 23.5 Å². The van der Waals surface area contributed by atoms with E-state index in [1.165, 1.54) is 6.08 Å². The topological polar surface area (TPSA) is 63.6 Å². The fraction of sp³-hybridized carbons (Fsp3) is 0.0588. The van der Waals surface area contributed by atoms with Crippen molar-refractivity contribution in [2.75, 3.05) is 6.61 Å². The van der Waals surface area contributed by atoms with Crippen molar-refractivity contribution >= 4 is 33.8 Å². The Labute approximate surface area is 136 Å². The van der Waals surface area contributed by atoms with Gasteiger partial charge in [0.05, 0.1) is 0 Å². The maximum Gasteiger partial charge on any atom is 0.341 e. The molecule has 5 heteroatoms. The van der Waals surface area contributed by atoms with E-state index in [1.54, 1.807) is 42.5 Å². The fourth-order valence-electron chi connectivity index (χ4n) is 1.70. The number of carboxylic acids is 1. The Balaban J connectivity index is 1.99. The molecule has 0 aliphatic rings. The lowest BCUT2D eigenvalue weighted by molar-refractivity contribution is -0.139. The number of rotatable bonds is 6. The van der Waals surface area contributed by atoms with Crippen molar-refractivity contribution < 1.29 is 19.4 Å². The summed E-state index contributed by atoms with van der Waals surface area (Å²) in [5, 5.41) is 8.52. The highest BCUT2D eigenvalue weighted by atomic mass is 79.9. The summed E-state index contributed by atoms with van der Waals surface area (Å²) in [4.78, 5) is 22.4. The van der Waals surface area contributed by atoms with Crippen LogP contribution < -0.4 is 4.74 Å². The summed E-state index contributed by atoms with van der Waals surface area (Å²) in [5.74, 6) is -0.637. The predicted octanol–water partition coefficient (Wildman–Crippen LogP) is 3.81. The number of halogens is 1. The second-order valence-corrected chi connectivity index (χ2v) is 5.37. The lowest BCUT2D eigenvalue weighted by Crippen LogP contribution is -2.09. The molecule has 0 aliphatic carbocycles. The Hall–Kier alpha value is -2.40. The van der Waals surface area contributed by atoms with Crippen LogP contribution >= 0.6 is 15.9 Å². The average molecular weight is 361 g/mol. The van der Waals surface area contributed by atoms with Gasteiger partial charge in [0, 0.05) is 10.0 Å². The molecule has 2 rings (SSSR count). The normalized spacial score (nSPS) is 10.6. The van der Waals surface area contributed by atoms with E-state index in [0.29, 0.717) is 11.3 Å². The molecule has 112 valence electrons. The molecular formula is C17H13BrO4. The molecule has 0 unspecified atom stereocenters. The zero-order valence-corrected chi connectivity index (χ0v) is 13.1. The van der Waals surface area contributed by atoms with Gasteiger partial charge in [-0.1, -0.05) is 34.1 Å². The van der Waals surface area contributed by atoms with Crippen molar-refractivity contribution in [3.63, 3.8) is 0 Å². The van der Waals surface area contributed by atoms with Gasteiger partial charge in [-0.25, -0.2) is 4.79 Å². The highest BCUT2D eigenvalue weighted by Gasteiger charge is 2.01. The van der Waals surface area contributed by atoms with Crippen molar-refractivity contribution in [2.45, 2.75) is 0 Å². The Morgan fingerprint density at radius 1 is 1.05 bits per heavy atom. The lowest BCUT2D eigenvalue weighted by atomic mass is 10.1. The smallest absolute Gasteiger partial charge is 0.341 e. The number of aliphatic carboxylic acids is 1. The van der Waals surface area contributed by atoms with Gasteiger partial charge in [-0.05, 0) is 48.0 Å². The number of ether oxygens (including phenoxy) is 1. The van der Waals surface area contributed by atoms with Crippen LogP contribution in [0.25, 0.3) is 6.08 Å². The molecule has 0 bridgehead atoms. The number of hydrogen-bond donors (Lipinski definition) is 1. The first-order valence-corrected chi connectivity index (χ1v) is 7.26. The second-order valence-electron chi connectivity index (χ2n) is 4.46. The van der Waals surface area contributed by atoms with Crippen LogP contribution in [-0.2, 0) is 4.79 Å². The van der Waals surface area contributed by atoms with Crippen molar-refractivity contribution in [3.05, 3.63) is 70.2 Å². The number of ketones is 1. The molecule has 0 saturated heterocycles. The highest BCUT2D eigenvalue weighted by Crippen LogP contribution is 2.14. The van der Waals surface area contributed by atoms with Crippen molar-refractivity contribution in [1.29, 1.82) is 0 Å². The molecule has 22 heavy (non-hydrogen) atoms. The Kier molecular flexibility index (Phi) is 5.49. The van der Waals surface area contributed by atoms with E-state index in [1.807, 2.05) is 12.1 Å². The molecule has 1 N–H and O–H groups in total. The van der Waals surface area contributed by atoms with Crippen LogP contribution in [0.3, 0.4) is 0 Å². The van der Waals surface area contributed by atoms with Crippen LogP contribution in [0.1, 0.15) is 15.9 Å². The van der Waals surface area contributed by atoms with E-state index in [0.717, 1.165) is 10.0 Å². The van der Waals surface area contributed by atoms with E-state index < -0.39 is 5.97 Å². The van der Waals surface area contributed by atoms with Crippen LogP contribution in [0.4, 0.5) is 0 Å². The molecular weight excluding hydrogens is 348 g/mol. The van der Waals surface area contributed by atoms with Crippen molar-refractivity contribution in [1.82, 2.24) is 0 Å². The number of carbonyl (C=O) groups is 2. The molecule has 0 heterocycles. The molecule has 0 aliphatic heterocycles. The Morgan fingerprint density at radius 3 is 2.27 bits per heavy atom. The maximum absolute atomic E-state index is 12.0. The zero-order valence-electron chi connectivity index (χ0n) is 11.5. The summed E-state index contributed by atoms with van der Waals surface area (Å²) >= 11 is 3.32. The molecule has 0 saturated carbocycles. The molecule has 0 amide bonds. The fourth-order valence-corrected chi connectivity index (χ4v) is 1.97. The third-order valence-electron chi connectivity index (χ3n) is 2.80. The van der Waals surface area contributed by atoms with E-state index in [-0.39, 0.29) is 12.4 Å². The summed E-state index contributed by atoms with van der Waals surface area (Å²) in [6.45, 7) is -0.378. The number of allylic oxidation sites excluding steroid dienone is 1. The summed E-state index contributed by atoms with van der Waals surface area (Å²) in [5.41, 5.74) is 1.44.